The lowest BCUT2D eigenvalue weighted by Crippen LogP contribution is -2.59. The van der Waals surface area contributed by atoms with Crippen LogP contribution in [0, 0.1) is 5.41 Å². The number of hydrogen-bond donors (Lipinski definition) is 2. The zero-order chi connectivity index (χ0) is 32.8. The van der Waals surface area contributed by atoms with Gasteiger partial charge in [0.15, 0.2) is 8.32 Å². The van der Waals surface area contributed by atoms with E-state index in [1.807, 2.05) is 65.0 Å². The summed E-state index contributed by atoms with van der Waals surface area (Å²) in [6.45, 7) is 22.7. The van der Waals surface area contributed by atoms with Gasteiger partial charge >= 0.3 is 0 Å². The van der Waals surface area contributed by atoms with Crippen LogP contribution >= 0.6 is 0 Å². The number of carbonyl (C=O) groups is 1. The van der Waals surface area contributed by atoms with Gasteiger partial charge in [-0.05, 0) is 114 Å². The van der Waals surface area contributed by atoms with Crippen LogP contribution in [0.4, 0.5) is 11.4 Å². The van der Waals surface area contributed by atoms with Gasteiger partial charge in [0, 0.05) is 24.3 Å². The number of para-hydroxylation sites is 1. The van der Waals surface area contributed by atoms with Gasteiger partial charge in [-0.1, -0.05) is 39.0 Å². The number of hydrazine groups is 1. The van der Waals surface area contributed by atoms with E-state index in [1.54, 1.807) is 23.2 Å². The zero-order valence-electron chi connectivity index (χ0n) is 28.5. The maximum absolute atomic E-state index is 14.2. The highest BCUT2D eigenvalue weighted by Crippen LogP contribution is 2.54. The Morgan fingerprint density at radius 2 is 1.55 bits per heavy atom. The molecule has 4 rings (SSSR count). The summed E-state index contributed by atoms with van der Waals surface area (Å²) < 4.78 is 36.0. The molecule has 0 unspecified atom stereocenters. The molecule has 1 heterocycles. The Morgan fingerprint density at radius 3 is 2.11 bits per heavy atom. The SMILES string of the molecule is CC(C)(C)NS(=O)(=O)c1cccc(N(NC(=O)c2ccccc2N2CCC3(CC2)CC3)C(C)(C)CO[Si](C)(C)C(C)(C)C)c1. The maximum Gasteiger partial charge on any atom is 0.271 e. The monoisotopic (exact) mass is 642 g/mol. The number of benzene rings is 2. The molecular formula is C34H54N4O4SSi. The molecule has 1 saturated carbocycles. The van der Waals surface area contributed by atoms with Gasteiger partial charge in [-0.3, -0.25) is 15.2 Å². The lowest BCUT2D eigenvalue weighted by atomic mass is 9.93. The van der Waals surface area contributed by atoms with Gasteiger partial charge in [0.05, 0.1) is 28.3 Å². The van der Waals surface area contributed by atoms with Crippen LogP contribution < -0.4 is 20.1 Å². The van der Waals surface area contributed by atoms with Crippen molar-refractivity contribution in [2.75, 3.05) is 29.6 Å². The second kappa shape index (κ2) is 12.1. The number of hydrogen-bond acceptors (Lipinski definition) is 6. The van der Waals surface area contributed by atoms with Crippen LogP contribution in [0.5, 0.6) is 0 Å². The third-order valence-electron chi connectivity index (χ3n) is 9.51. The molecule has 0 radical (unpaired) electrons. The fourth-order valence-corrected chi connectivity index (χ4v) is 8.06. The van der Waals surface area contributed by atoms with Crippen LogP contribution in [0.25, 0.3) is 0 Å². The minimum absolute atomic E-state index is 0.0101. The molecular weight excluding hydrogens is 589 g/mol. The van der Waals surface area contributed by atoms with Gasteiger partial charge in [-0.15, -0.1) is 0 Å². The Kier molecular flexibility index (Phi) is 9.46. The summed E-state index contributed by atoms with van der Waals surface area (Å²) in [6.07, 6.45) is 4.97. The molecule has 44 heavy (non-hydrogen) atoms. The molecule has 1 amide bonds. The Balaban J connectivity index is 1.68. The molecule has 0 aromatic heterocycles. The molecule has 2 aliphatic rings. The largest absolute Gasteiger partial charge is 0.414 e. The highest BCUT2D eigenvalue weighted by molar-refractivity contribution is 7.89. The minimum Gasteiger partial charge on any atom is -0.414 e. The highest BCUT2D eigenvalue weighted by Gasteiger charge is 2.45. The summed E-state index contributed by atoms with van der Waals surface area (Å²) in [4.78, 5) is 16.6. The second-order valence-corrected chi connectivity index (χ2v) is 22.5. The lowest BCUT2D eigenvalue weighted by molar-refractivity contribution is 0.0926. The highest BCUT2D eigenvalue weighted by atomic mass is 32.2. The van der Waals surface area contributed by atoms with Crippen molar-refractivity contribution in [3.8, 4) is 0 Å². The van der Waals surface area contributed by atoms with Crippen molar-refractivity contribution >= 4 is 35.6 Å². The summed E-state index contributed by atoms with van der Waals surface area (Å²) in [6, 6.07) is 14.5. The molecule has 1 aliphatic heterocycles. The predicted molar refractivity (Wildman–Crippen MR) is 183 cm³/mol. The van der Waals surface area contributed by atoms with Crippen LogP contribution in [-0.4, -0.2) is 53.4 Å². The number of nitrogens with one attached hydrogen (secondary N) is 2. The standard InChI is InChI=1S/C34H54N4O4SSi/c1-31(2,3)36-43(40,41)27-15-13-14-26(24-27)38(33(7,8)25-42-44(9,10)32(4,5)6)35-30(39)28-16-11-12-17-29(28)37-22-20-34(18-19-34)21-23-37/h11-17,24,36H,18-23,25H2,1-10H3,(H,35,39). The van der Waals surface area contributed by atoms with E-state index in [4.69, 9.17) is 4.43 Å². The van der Waals surface area contributed by atoms with Crippen LogP contribution in [-0.2, 0) is 14.4 Å². The van der Waals surface area contributed by atoms with Crippen molar-refractivity contribution in [3.05, 3.63) is 54.1 Å². The van der Waals surface area contributed by atoms with E-state index in [1.165, 1.54) is 12.8 Å². The maximum atomic E-state index is 14.2. The van der Waals surface area contributed by atoms with Crippen molar-refractivity contribution in [1.29, 1.82) is 0 Å². The van der Waals surface area contributed by atoms with Crippen LogP contribution in [0.2, 0.25) is 18.1 Å². The Morgan fingerprint density at radius 1 is 0.932 bits per heavy atom. The molecule has 1 saturated heterocycles. The molecule has 2 aromatic rings. The van der Waals surface area contributed by atoms with E-state index in [0.717, 1.165) is 31.6 Å². The van der Waals surface area contributed by atoms with Gasteiger partial charge in [0.2, 0.25) is 10.0 Å². The van der Waals surface area contributed by atoms with E-state index in [9.17, 15) is 13.2 Å². The van der Waals surface area contributed by atoms with Crippen molar-refractivity contribution < 1.29 is 17.6 Å². The Bertz CT molecular complexity index is 1450. The van der Waals surface area contributed by atoms with Gasteiger partial charge in [-0.2, -0.15) is 0 Å². The summed E-state index contributed by atoms with van der Waals surface area (Å²) >= 11 is 0. The molecule has 0 atom stereocenters. The van der Waals surface area contributed by atoms with Gasteiger partial charge < -0.3 is 9.33 Å². The summed E-state index contributed by atoms with van der Waals surface area (Å²) in [5.74, 6) is -0.242. The molecule has 10 heteroatoms. The molecule has 2 aromatic carbocycles. The first-order valence-electron chi connectivity index (χ1n) is 15.9. The number of piperidine rings is 1. The average Bonchev–Trinajstić information content (AvgIpc) is 3.67. The molecule has 8 nitrogen and oxygen atoms in total. The topological polar surface area (TPSA) is 91.0 Å². The van der Waals surface area contributed by atoms with Gasteiger partial charge in [0.1, 0.15) is 0 Å². The summed E-state index contributed by atoms with van der Waals surface area (Å²) in [7, 11) is -5.92. The summed E-state index contributed by atoms with van der Waals surface area (Å²) in [5, 5.41) is 1.79. The third-order valence-corrected chi connectivity index (χ3v) is 15.7. The lowest BCUT2D eigenvalue weighted by Gasteiger charge is -2.44. The molecule has 0 bridgehead atoms. The number of amides is 1. The number of carbonyl (C=O) groups excluding carboxylic acids is 1. The smallest absolute Gasteiger partial charge is 0.271 e. The fraction of sp³-hybridized carbons (Fsp3) is 0.618. The quantitative estimate of drug-likeness (QED) is 0.212. The predicted octanol–water partition coefficient (Wildman–Crippen LogP) is 7.10. The molecule has 1 spiro atoms. The number of nitrogens with zero attached hydrogens (tertiary/aromatic N) is 2. The van der Waals surface area contributed by atoms with Gasteiger partial charge in [-0.25, -0.2) is 13.1 Å². The minimum atomic E-state index is -3.80. The summed E-state index contributed by atoms with van der Waals surface area (Å²) in [5.41, 5.74) is 4.45. The average molecular weight is 643 g/mol. The van der Waals surface area contributed by atoms with Crippen LogP contribution in [0.3, 0.4) is 0 Å². The third kappa shape index (κ3) is 8.05. The van der Waals surface area contributed by atoms with E-state index in [0.29, 0.717) is 23.3 Å². The Hall–Kier alpha value is -2.40. The first-order valence-corrected chi connectivity index (χ1v) is 20.3. The Labute approximate surface area is 267 Å². The van der Waals surface area contributed by atoms with E-state index >= 15 is 0 Å². The van der Waals surface area contributed by atoms with Crippen molar-refractivity contribution in [1.82, 2.24) is 10.1 Å². The first kappa shape index (κ1) is 34.5. The molecule has 2 N–H and O–H groups in total. The zero-order valence-corrected chi connectivity index (χ0v) is 30.3. The van der Waals surface area contributed by atoms with Crippen molar-refractivity contribution in [2.24, 2.45) is 5.41 Å². The molecule has 244 valence electrons. The normalized spacial score (nSPS) is 17.5. The fourth-order valence-electron chi connectivity index (χ4n) is 5.46. The second-order valence-electron chi connectivity index (χ2n) is 16.0. The first-order chi connectivity index (χ1) is 20.1. The molecule has 1 aliphatic carbocycles. The van der Waals surface area contributed by atoms with E-state index in [-0.39, 0.29) is 15.8 Å². The number of sulfonamides is 1. The van der Waals surface area contributed by atoms with Crippen LogP contribution in [0.1, 0.15) is 91.4 Å². The van der Waals surface area contributed by atoms with E-state index in [2.05, 4.69) is 48.9 Å². The number of anilines is 2. The van der Waals surface area contributed by atoms with Crippen molar-refractivity contribution in [2.45, 2.75) is 115 Å². The van der Waals surface area contributed by atoms with Gasteiger partial charge in [0.25, 0.3) is 5.91 Å². The molecule has 2 fully saturated rings. The van der Waals surface area contributed by atoms with Crippen molar-refractivity contribution in [3.63, 3.8) is 0 Å². The van der Waals surface area contributed by atoms with E-state index < -0.39 is 29.4 Å². The van der Waals surface area contributed by atoms with Crippen LogP contribution in [0.15, 0.2) is 53.4 Å². The number of rotatable bonds is 10.